The molecule has 0 aromatic heterocycles. The second-order valence-electron chi connectivity index (χ2n) is 4.27. The lowest BCUT2D eigenvalue weighted by molar-refractivity contribution is -0.384. The van der Waals surface area contributed by atoms with Gasteiger partial charge in [0.1, 0.15) is 5.82 Å². The van der Waals surface area contributed by atoms with Crippen LogP contribution in [0.25, 0.3) is 6.08 Å². The smallest absolute Gasteiger partial charge is 0.270 e. The van der Waals surface area contributed by atoms with Crippen molar-refractivity contribution in [2.75, 3.05) is 0 Å². The van der Waals surface area contributed by atoms with Crippen LogP contribution in [0.15, 0.2) is 42.5 Å². The van der Waals surface area contributed by atoms with Crippen LogP contribution in [0.3, 0.4) is 0 Å². The summed E-state index contributed by atoms with van der Waals surface area (Å²) >= 11 is 11.6. The van der Waals surface area contributed by atoms with Crippen LogP contribution in [0.1, 0.15) is 15.9 Å². The average molecular weight is 340 g/mol. The molecule has 2 aromatic carbocycles. The van der Waals surface area contributed by atoms with Crippen molar-refractivity contribution in [3.05, 3.63) is 79.6 Å². The molecule has 0 aliphatic rings. The van der Waals surface area contributed by atoms with Gasteiger partial charge in [0.05, 0.1) is 20.5 Å². The molecule has 7 heteroatoms. The molecule has 112 valence electrons. The number of benzene rings is 2. The molecule has 0 N–H and O–H groups in total. The second kappa shape index (κ2) is 6.68. The third-order valence-corrected chi connectivity index (χ3v) is 3.48. The van der Waals surface area contributed by atoms with Crippen molar-refractivity contribution in [2.45, 2.75) is 0 Å². The van der Waals surface area contributed by atoms with E-state index in [4.69, 9.17) is 23.2 Å². The Bertz CT molecular complexity index is 790. The van der Waals surface area contributed by atoms with Crippen molar-refractivity contribution >= 4 is 40.7 Å². The van der Waals surface area contributed by atoms with E-state index in [1.165, 1.54) is 30.3 Å². The first-order valence-corrected chi connectivity index (χ1v) is 6.76. The minimum absolute atomic E-state index is 0.0279. The summed E-state index contributed by atoms with van der Waals surface area (Å²) in [6, 6.07) is 8.01. The van der Waals surface area contributed by atoms with Gasteiger partial charge >= 0.3 is 0 Å². The van der Waals surface area contributed by atoms with Crippen LogP contribution in [0, 0.1) is 15.9 Å². The molecule has 0 amide bonds. The number of halogens is 3. The number of hydrogen-bond donors (Lipinski definition) is 0. The minimum atomic E-state index is -0.752. The van der Waals surface area contributed by atoms with E-state index in [9.17, 15) is 19.3 Å². The van der Waals surface area contributed by atoms with E-state index in [0.717, 1.165) is 12.1 Å². The third-order valence-electron chi connectivity index (χ3n) is 2.80. The first kappa shape index (κ1) is 16.1. The molecule has 0 bridgehead atoms. The molecule has 22 heavy (non-hydrogen) atoms. The van der Waals surface area contributed by atoms with Gasteiger partial charge in [0.15, 0.2) is 5.78 Å². The number of nitro groups is 1. The van der Waals surface area contributed by atoms with E-state index in [-0.39, 0.29) is 21.3 Å². The first-order valence-electron chi connectivity index (χ1n) is 6.00. The number of carbonyl (C=O) groups is 1. The normalized spacial score (nSPS) is 10.9. The third kappa shape index (κ3) is 3.50. The zero-order chi connectivity index (χ0) is 16.3. The lowest BCUT2D eigenvalue weighted by Gasteiger charge is -2.04. The van der Waals surface area contributed by atoms with Crippen LogP contribution in [0.2, 0.25) is 10.0 Å². The summed E-state index contributed by atoms with van der Waals surface area (Å²) in [7, 11) is 0. The van der Waals surface area contributed by atoms with Crippen LogP contribution in [0.5, 0.6) is 0 Å². The van der Waals surface area contributed by atoms with Crippen LogP contribution >= 0.6 is 23.2 Å². The highest BCUT2D eigenvalue weighted by Gasteiger charge is 2.16. The predicted octanol–water partition coefficient (Wildman–Crippen LogP) is 4.94. The van der Waals surface area contributed by atoms with Gasteiger partial charge in [-0.05, 0) is 23.8 Å². The van der Waals surface area contributed by atoms with Gasteiger partial charge in [0.25, 0.3) is 5.69 Å². The number of nitrogens with zero attached hydrogens (tertiary/aromatic N) is 1. The number of ketones is 1. The topological polar surface area (TPSA) is 60.2 Å². The maximum atomic E-state index is 13.4. The summed E-state index contributed by atoms with van der Waals surface area (Å²) in [4.78, 5) is 22.2. The fourth-order valence-corrected chi connectivity index (χ4v) is 2.31. The molecule has 0 atom stereocenters. The number of allylic oxidation sites excluding steroid dienone is 1. The first-order chi connectivity index (χ1) is 10.4. The van der Waals surface area contributed by atoms with Crippen molar-refractivity contribution in [3.63, 3.8) is 0 Å². The molecule has 2 aromatic rings. The molecule has 0 spiro atoms. The summed E-state index contributed by atoms with van der Waals surface area (Å²) in [5.74, 6) is -1.35. The molecule has 0 saturated heterocycles. The minimum Gasteiger partial charge on any atom is -0.289 e. The predicted molar refractivity (Wildman–Crippen MR) is 82.9 cm³/mol. The van der Waals surface area contributed by atoms with E-state index < -0.39 is 16.5 Å². The van der Waals surface area contributed by atoms with Gasteiger partial charge in [0, 0.05) is 12.1 Å². The van der Waals surface area contributed by atoms with Crippen LogP contribution in [-0.2, 0) is 0 Å². The lowest BCUT2D eigenvalue weighted by Crippen LogP contribution is -1.99. The number of hydrogen-bond acceptors (Lipinski definition) is 3. The maximum Gasteiger partial charge on any atom is 0.270 e. The Morgan fingerprint density at radius 3 is 2.64 bits per heavy atom. The van der Waals surface area contributed by atoms with Gasteiger partial charge < -0.3 is 0 Å². The zero-order valence-corrected chi connectivity index (χ0v) is 12.4. The number of rotatable bonds is 4. The Morgan fingerprint density at radius 2 is 1.95 bits per heavy atom. The lowest BCUT2D eigenvalue weighted by atomic mass is 10.1. The highest BCUT2D eigenvalue weighted by atomic mass is 35.5. The van der Waals surface area contributed by atoms with Gasteiger partial charge in [0.2, 0.25) is 0 Å². The molecule has 0 heterocycles. The van der Waals surface area contributed by atoms with Gasteiger partial charge in [-0.1, -0.05) is 41.4 Å². The average Bonchev–Trinajstić information content (AvgIpc) is 2.49. The fourth-order valence-electron chi connectivity index (χ4n) is 1.75. The van der Waals surface area contributed by atoms with Crippen molar-refractivity contribution in [1.82, 2.24) is 0 Å². The number of nitro benzene ring substituents is 1. The Hall–Kier alpha value is -2.24. The van der Waals surface area contributed by atoms with Crippen molar-refractivity contribution in [1.29, 1.82) is 0 Å². The number of carbonyl (C=O) groups excluding carboxylic acids is 1. The molecule has 4 nitrogen and oxygen atoms in total. The van der Waals surface area contributed by atoms with E-state index >= 15 is 0 Å². The van der Waals surface area contributed by atoms with Crippen LogP contribution in [-0.4, -0.2) is 10.7 Å². The highest BCUT2D eigenvalue weighted by Crippen LogP contribution is 2.28. The van der Waals surface area contributed by atoms with E-state index in [0.29, 0.717) is 5.56 Å². The van der Waals surface area contributed by atoms with Gasteiger partial charge in [-0.15, -0.1) is 0 Å². The molecule has 0 aliphatic heterocycles. The highest BCUT2D eigenvalue weighted by molar-refractivity contribution is 6.40. The Morgan fingerprint density at radius 1 is 1.23 bits per heavy atom. The van der Waals surface area contributed by atoms with Crippen molar-refractivity contribution in [2.24, 2.45) is 0 Å². The molecule has 2 rings (SSSR count). The van der Waals surface area contributed by atoms with Gasteiger partial charge in [-0.2, -0.15) is 0 Å². The molecule has 0 fully saturated rings. The van der Waals surface area contributed by atoms with Crippen molar-refractivity contribution in [3.8, 4) is 0 Å². The maximum absolute atomic E-state index is 13.4. The molecule has 0 radical (unpaired) electrons. The summed E-state index contributed by atoms with van der Waals surface area (Å²) in [5, 5.41) is 10.3. The van der Waals surface area contributed by atoms with Gasteiger partial charge in [-0.25, -0.2) is 4.39 Å². The number of non-ortho nitro benzene ring substituents is 1. The summed E-state index contributed by atoms with van der Waals surface area (Å²) in [6.07, 6.45) is 2.50. The van der Waals surface area contributed by atoms with E-state index in [2.05, 4.69) is 0 Å². The second-order valence-corrected chi connectivity index (χ2v) is 5.05. The van der Waals surface area contributed by atoms with Crippen LogP contribution < -0.4 is 0 Å². The van der Waals surface area contributed by atoms with E-state index in [1.807, 2.05) is 0 Å². The monoisotopic (exact) mass is 339 g/mol. The summed E-state index contributed by atoms with van der Waals surface area (Å²) in [5.41, 5.74) is 0.202. The zero-order valence-electron chi connectivity index (χ0n) is 10.9. The molecule has 0 saturated carbocycles. The molecule has 0 unspecified atom stereocenters. The van der Waals surface area contributed by atoms with Crippen LogP contribution in [0.4, 0.5) is 10.1 Å². The molecular formula is C15H8Cl2FNO3. The molecular weight excluding hydrogens is 332 g/mol. The summed E-state index contributed by atoms with van der Waals surface area (Å²) in [6.45, 7) is 0. The quantitative estimate of drug-likeness (QED) is 0.260. The summed E-state index contributed by atoms with van der Waals surface area (Å²) < 4.78 is 13.4. The fraction of sp³-hybridized carbons (Fsp3) is 0. The largest absolute Gasteiger partial charge is 0.289 e. The van der Waals surface area contributed by atoms with E-state index in [1.54, 1.807) is 6.07 Å². The molecule has 0 aliphatic carbocycles. The SMILES string of the molecule is O=C(/C=C/c1cccc([N+](=O)[O-])c1)c1c(Cl)ccc(F)c1Cl. The Balaban J connectivity index is 2.31. The Kier molecular flexibility index (Phi) is 4.90. The Labute approximate surface area is 134 Å². The standard InChI is InChI=1S/C15H8Cl2FNO3/c16-11-5-6-12(18)15(17)14(11)13(20)7-4-9-2-1-3-10(8-9)19(21)22/h1-8H/b7-4+. The van der Waals surface area contributed by atoms with Gasteiger partial charge in [-0.3, -0.25) is 14.9 Å². The van der Waals surface area contributed by atoms with Crippen molar-refractivity contribution < 1.29 is 14.1 Å².